The molecular formula is C24H31N5O4. The Morgan fingerprint density at radius 2 is 1.91 bits per heavy atom. The van der Waals surface area contributed by atoms with E-state index in [1.807, 2.05) is 18.2 Å². The first kappa shape index (κ1) is 21.9. The third-order valence-corrected chi connectivity index (χ3v) is 6.58. The van der Waals surface area contributed by atoms with Gasteiger partial charge in [0, 0.05) is 50.7 Å². The first-order chi connectivity index (χ1) is 16.1. The van der Waals surface area contributed by atoms with E-state index in [9.17, 15) is 4.79 Å². The minimum Gasteiger partial charge on any atom is -0.484 e. The summed E-state index contributed by atoms with van der Waals surface area (Å²) in [6.45, 7) is 6.98. The zero-order valence-electron chi connectivity index (χ0n) is 19.1. The SMILES string of the molecule is CCc1nc2c(N)nc3cc(OCC(=O)N4CCOCC4)ccc3c2n1CC1CCOCC1. The summed E-state index contributed by atoms with van der Waals surface area (Å²) in [6.07, 6.45) is 2.93. The molecule has 0 unspecified atom stereocenters. The van der Waals surface area contributed by atoms with E-state index in [1.54, 1.807) is 4.90 Å². The van der Waals surface area contributed by atoms with E-state index >= 15 is 0 Å². The molecule has 0 bridgehead atoms. The molecule has 9 heteroatoms. The highest BCUT2D eigenvalue weighted by Crippen LogP contribution is 2.32. The Labute approximate surface area is 192 Å². The molecule has 9 nitrogen and oxygen atoms in total. The van der Waals surface area contributed by atoms with Crippen LogP contribution < -0.4 is 10.5 Å². The molecule has 2 aromatic heterocycles. The van der Waals surface area contributed by atoms with Gasteiger partial charge >= 0.3 is 0 Å². The van der Waals surface area contributed by atoms with Crippen molar-refractivity contribution in [3.63, 3.8) is 0 Å². The smallest absolute Gasteiger partial charge is 0.260 e. The summed E-state index contributed by atoms with van der Waals surface area (Å²) in [5, 5.41) is 0.991. The molecule has 2 aliphatic heterocycles. The Hall–Kier alpha value is -2.91. The number of nitrogens with zero attached hydrogens (tertiary/aromatic N) is 4. The topological polar surface area (TPSA) is 105 Å². The summed E-state index contributed by atoms with van der Waals surface area (Å²) >= 11 is 0. The molecular weight excluding hydrogens is 422 g/mol. The van der Waals surface area contributed by atoms with Crippen LogP contribution in [0.15, 0.2) is 18.2 Å². The van der Waals surface area contributed by atoms with Crippen LogP contribution in [-0.4, -0.2) is 71.5 Å². The summed E-state index contributed by atoms with van der Waals surface area (Å²) in [6, 6.07) is 5.75. The molecule has 3 aromatic rings. The van der Waals surface area contributed by atoms with E-state index in [0.717, 1.165) is 66.8 Å². The van der Waals surface area contributed by atoms with E-state index < -0.39 is 0 Å². The fraction of sp³-hybridized carbons (Fsp3) is 0.542. The van der Waals surface area contributed by atoms with Gasteiger partial charge in [0.05, 0.1) is 24.2 Å². The largest absolute Gasteiger partial charge is 0.484 e. The van der Waals surface area contributed by atoms with Crippen molar-refractivity contribution in [2.45, 2.75) is 32.7 Å². The lowest BCUT2D eigenvalue weighted by Gasteiger charge is -2.26. The number of carbonyl (C=O) groups is 1. The Bertz CT molecular complexity index is 1150. The molecule has 5 rings (SSSR count). The van der Waals surface area contributed by atoms with Gasteiger partial charge in [0.25, 0.3) is 5.91 Å². The fourth-order valence-electron chi connectivity index (χ4n) is 4.73. The van der Waals surface area contributed by atoms with Crippen LogP contribution in [0.5, 0.6) is 5.75 Å². The maximum atomic E-state index is 12.4. The fourth-order valence-corrected chi connectivity index (χ4v) is 4.73. The van der Waals surface area contributed by atoms with Crippen LogP contribution in [0.1, 0.15) is 25.6 Å². The highest BCUT2D eigenvalue weighted by atomic mass is 16.5. The van der Waals surface area contributed by atoms with Gasteiger partial charge in [-0.1, -0.05) is 6.92 Å². The number of carbonyl (C=O) groups excluding carboxylic acids is 1. The third-order valence-electron chi connectivity index (χ3n) is 6.58. The first-order valence-corrected chi connectivity index (χ1v) is 11.8. The Morgan fingerprint density at radius 3 is 2.67 bits per heavy atom. The minimum atomic E-state index is -0.0385. The van der Waals surface area contributed by atoms with Crippen LogP contribution in [0.4, 0.5) is 5.82 Å². The summed E-state index contributed by atoms with van der Waals surface area (Å²) in [5.74, 6) is 2.55. The monoisotopic (exact) mass is 453 g/mol. The number of fused-ring (bicyclic) bond motifs is 3. The van der Waals surface area contributed by atoms with Crippen molar-refractivity contribution in [1.82, 2.24) is 19.4 Å². The molecule has 1 amide bonds. The van der Waals surface area contributed by atoms with Crippen molar-refractivity contribution in [2.24, 2.45) is 5.92 Å². The molecule has 0 spiro atoms. The van der Waals surface area contributed by atoms with Crippen molar-refractivity contribution in [3.8, 4) is 5.75 Å². The number of pyridine rings is 1. The van der Waals surface area contributed by atoms with E-state index in [2.05, 4.69) is 16.5 Å². The number of nitrogens with two attached hydrogens (primary N) is 1. The maximum Gasteiger partial charge on any atom is 0.260 e. The summed E-state index contributed by atoms with van der Waals surface area (Å²) in [4.78, 5) is 23.6. The summed E-state index contributed by atoms with van der Waals surface area (Å²) in [5.41, 5.74) is 8.86. The van der Waals surface area contributed by atoms with Gasteiger partial charge in [0.15, 0.2) is 12.4 Å². The van der Waals surface area contributed by atoms with Gasteiger partial charge in [-0.3, -0.25) is 4.79 Å². The number of hydrogen-bond acceptors (Lipinski definition) is 7. The number of aromatic nitrogens is 3. The van der Waals surface area contributed by atoms with E-state index in [1.165, 1.54) is 0 Å². The Morgan fingerprint density at radius 1 is 1.15 bits per heavy atom. The standard InChI is InChI=1S/C24H31N5O4/c1-2-20-27-22-23(29(20)14-16-5-9-31-10-6-16)18-4-3-17(13-19(18)26-24(22)25)33-15-21(30)28-7-11-32-12-8-28/h3-4,13,16H,2,5-12,14-15H2,1H3,(H2,25,26). The van der Waals surface area contributed by atoms with Gasteiger partial charge < -0.3 is 29.4 Å². The minimum absolute atomic E-state index is 0.00903. The van der Waals surface area contributed by atoms with Crippen molar-refractivity contribution in [3.05, 3.63) is 24.0 Å². The molecule has 176 valence electrons. The number of amides is 1. The van der Waals surface area contributed by atoms with Gasteiger partial charge in [-0.15, -0.1) is 0 Å². The lowest BCUT2D eigenvalue weighted by atomic mass is 10.00. The van der Waals surface area contributed by atoms with Crippen LogP contribution >= 0.6 is 0 Å². The summed E-state index contributed by atoms with van der Waals surface area (Å²) < 4.78 is 19.0. The van der Waals surface area contributed by atoms with Gasteiger partial charge in [-0.25, -0.2) is 9.97 Å². The lowest BCUT2D eigenvalue weighted by molar-refractivity contribution is -0.137. The second-order valence-corrected chi connectivity index (χ2v) is 8.70. The molecule has 4 heterocycles. The average Bonchev–Trinajstić information content (AvgIpc) is 3.22. The summed E-state index contributed by atoms with van der Waals surface area (Å²) in [7, 11) is 0. The predicted molar refractivity (Wildman–Crippen MR) is 125 cm³/mol. The normalized spacial score (nSPS) is 17.7. The highest BCUT2D eigenvalue weighted by Gasteiger charge is 2.22. The zero-order chi connectivity index (χ0) is 22.8. The third kappa shape index (κ3) is 4.47. The molecule has 1 aromatic carbocycles. The maximum absolute atomic E-state index is 12.4. The Kier molecular flexibility index (Phi) is 6.32. The molecule has 2 aliphatic rings. The van der Waals surface area contributed by atoms with Gasteiger partial charge in [-0.05, 0) is 30.9 Å². The molecule has 2 fully saturated rings. The van der Waals surface area contributed by atoms with Gasteiger partial charge in [0.1, 0.15) is 17.1 Å². The molecule has 2 saturated heterocycles. The number of anilines is 1. The zero-order valence-corrected chi connectivity index (χ0v) is 19.1. The quantitative estimate of drug-likeness (QED) is 0.611. The lowest BCUT2D eigenvalue weighted by Crippen LogP contribution is -2.42. The number of rotatable bonds is 6. The van der Waals surface area contributed by atoms with Crippen LogP contribution in [0.3, 0.4) is 0 Å². The predicted octanol–water partition coefficient (Wildman–Crippen LogP) is 2.39. The number of aryl methyl sites for hydroxylation is 1. The van der Waals surface area contributed by atoms with Crippen LogP contribution in [0.25, 0.3) is 21.9 Å². The number of benzene rings is 1. The van der Waals surface area contributed by atoms with Crippen molar-refractivity contribution in [2.75, 3.05) is 51.9 Å². The molecule has 0 saturated carbocycles. The number of morpholine rings is 1. The molecule has 33 heavy (non-hydrogen) atoms. The average molecular weight is 454 g/mol. The van der Waals surface area contributed by atoms with E-state index in [-0.39, 0.29) is 12.5 Å². The van der Waals surface area contributed by atoms with Crippen LogP contribution in [0, 0.1) is 5.92 Å². The van der Waals surface area contributed by atoms with Crippen molar-refractivity contribution < 1.29 is 19.0 Å². The van der Waals surface area contributed by atoms with Gasteiger partial charge in [-0.2, -0.15) is 0 Å². The first-order valence-electron chi connectivity index (χ1n) is 11.8. The van der Waals surface area contributed by atoms with Crippen LogP contribution in [-0.2, 0) is 27.2 Å². The molecule has 0 radical (unpaired) electrons. The number of nitrogen functional groups attached to an aromatic ring is 1. The van der Waals surface area contributed by atoms with E-state index in [4.69, 9.17) is 24.9 Å². The second kappa shape index (κ2) is 9.52. The van der Waals surface area contributed by atoms with Crippen LogP contribution in [0.2, 0.25) is 0 Å². The van der Waals surface area contributed by atoms with E-state index in [0.29, 0.717) is 43.8 Å². The van der Waals surface area contributed by atoms with Crippen molar-refractivity contribution in [1.29, 1.82) is 0 Å². The van der Waals surface area contributed by atoms with Crippen molar-refractivity contribution >= 4 is 33.7 Å². The highest BCUT2D eigenvalue weighted by molar-refractivity contribution is 6.07. The molecule has 2 N–H and O–H groups in total. The molecule has 0 atom stereocenters. The Balaban J connectivity index is 1.44. The molecule has 0 aliphatic carbocycles. The second-order valence-electron chi connectivity index (χ2n) is 8.70. The number of imidazole rings is 1. The number of hydrogen-bond donors (Lipinski definition) is 1. The number of ether oxygens (including phenoxy) is 3. The van der Waals surface area contributed by atoms with Gasteiger partial charge in [0.2, 0.25) is 0 Å².